The van der Waals surface area contributed by atoms with Crippen molar-refractivity contribution in [3.63, 3.8) is 0 Å². The van der Waals surface area contributed by atoms with Crippen LogP contribution in [0.2, 0.25) is 0 Å². The number of nitrogen functional groups attached to an aromatic ring is 1. The summed E-state index contributed by atoms with van der Waals surface area (Å²) in [5.74, 6) is 0.482. The number of nitrogens with zero attached hydrogens (tertiary/aromatic N) is 3. The Morgan fingerprint density at radius 1 is 1.09 bits per heavy atom. The molecule has 3 aromatic rings. The molecule has 3 aromatic heterocycles. The second kappa shape index (κ2) is 5.26. The highest BCUT2D eigenvalue weighted by Crippen LogP contribution is 2.29. The third kappa shape index (κ3) is 2.98. The van der Waals surface area contributed by atoms with E-state index in [1.807, 2.05) is 24.3 Å². The molecular weight excluding hydrogens is 274 g/mol. The van der Waals surface area contributed by atoms with Crippen molar-refractivity contribution in [2.24, 2.45) is 0 Å². The molecule has 0 fully saturated rings. The number of nitrogens with one attached hydrogen (secondary N) is 1. The molecule has 0 saturated heterocycles. The minimum absolute atomic E-state index is 0.0495. The Bertz CT molecular complexity index is 821. The Morgan fingerprint density at radius 3 is 2.64 bits per heavy atom. The zero-order valence-corrected chi connectivity index (χ0v) is 13.0. The first kappa shape index (κ1) is 14.3. The van der Waals surface area contributed by atoms with Crippen LogP contribution in [0.15, 0.2) is 42.9 Å². The van der Waals surface area contributed by atoms with E-state index in [0.29, 0.717) is 5.82 Å². The van der Waals surface area contributed by atoms with Crippen LogP contribution in [0.3, 0.4) is 0 Å². The molecule has 112 valence electrons. The van der Waals surface area contributed by atoms with Gasteiger partial charge in [-0.15, -0.1) is 0 Å². The van der Waals surface area contributed by atoms with Crippen LogP contribution >= 0.6 is 0 Å². The molecule has 0 radical (unpaired) electrons. The molecule has 0 aliphatic rings. The second-order valence-corrected chi connectivity index (χ2v) is 6.29. The van der Waals surface area contributed by atoms with Crippen LogP contribution in [0.25, 0.3) is 22.2 Å². The highest BCUT2D eigenvalue weighted by Gasteiger charge is 2.14. The van der Waals surface area contributed by atoms with E-state index >= 15 is 0 Å². The molecule has 0 bridgehead atoms. The number of fused-ring (bicyclic) bond motifs is 1. The highest BCUT2D eigenvalue weighted by atomic mass is 15.0. The van der Waals surface area contributed by atoms with Crippen molar-refractivity contribution in [3.05, 3.63) is 42.9 Å². The minimum Gasteiger partial charge on any atom is -0.384 e. The topological polar surface area (TPSA) is 76.7 Å². The number of anilines is 2. The average Bonchev–Trinajstić information content (AvgIpc) is 2.45. The van der Waals surface area contributed by atoms with Crippen molar-refractivity contribution in [2.75, 3.05) is 11.1 Å². The standard InChI is InChI=1S/C17H19N5/c1-17(2,3)22-14-9-13(11-4-7-20-16(18)8-11)21-15-10-19-6-5-12(14)15/h4-10H,1-3H3,(H2,18,20)(H,21,22). The number of pyridine rings is 3. The van der Waals surface area contributed by atoms with Crippen LogP contribution in [-0.4, -0.2) is 20.5 Å². The smallest absolute Gasteiger partial charge is 0.123 e. The van der Waals surface area contributed by atoms with Gasteiger partial charge in [0.2, 0.25) is 0 Å². The number of aromatic nitrogens is 3. The van der Waals surface area contributed by atoms with E-state index in [4.69, 9.17) is 10.7 Å². The molecular formula is C17H19N5. The predicted octanol–water partition coefficient (Wildman–Crippen LogP) is 3.48. The van der Waals surface area contributed by atoms with Gasteiger partial charge in [-0.05, 0) is 45.0 Å². The second-order valence-electron chi connectivity index (χ2n) is 6.29. The van der Waals surface area contributed by atoms with E-state index in [2.05, 4.69) is 36.1 Å². The predicted molar refractivity (Wildman–Crippen MR) is 90.6 cm³/mol. The molecule has 0 spiro atoms. The quantitative estimate of drug-likeness (QED) is 0.756. The van der Waals surface area contributed by atoms with Gasteiger partial charge in [-0.2, -0.15) is 0 Å². The summed E-state index contributed by atoms with van der Waals surface area (Å²) < 4.78 is 0. The Balaban J connectivity index is 2.20. The van der Waals surface area contributed by atoms with Gasteiger partial charge in [0, 0.05) is 34.6 Å². The Morgan fingerprint density at radius 2 is 1.91 bits per heavy atom. The first-order chi connectivity index (χ1) is 10.4. The molecule has 0 saturated carbocycles. The van der Waals surface area contributed by atoms with Crippen LogP contribution < -0.4 is 11.1 Å². The SMILES string of the molecule is CC(C)(C)Nc1cc(-c2ccnc(N)c2)nc2cnccc12. The third-order valence-electron chi connectivity index (χ3n) is 3.20. The molecule has 0 aromatic carbocycles. The summed E-state index contributed by atoms with van der Waals surface area (Å²) in [5, 5.41) is 4.59. The molecule has 22 heavy (non-hydrogen) atoms. The van der Waals surface area contributed by atoms with Gasteiger partial charge in [0.25, 0.3) is 0 Å². The molecule has 0 amide bonds. The summed E-state index contributed by atoms with van der Waals surface area (Å²) in [4.78, 5) is 12.9. The molecule has 5 nitrogen and oxygen atoms in total. The number of nitrogens with two attached hydrogens (primary N) is 1. The fourth-order valence-corrected chi connectivity index (χ4v) is 2.34. The first-order valence-electron chi connectivity index (χ1n) is 7.17. The minimum atomic E-state index is -0.0495. The summed E-state index contributed by atoms with van der Waals surface area (Å²) in [6.45, 7) is 6.39. The van der Waals surface area contributed by atoms with Gasteiger partial charge in [-0.3, -0.25) is 4.98 Å². The average molecular weight is 293 g/mol. The van der Waals surface area contributed by atoms with Gasteiger partial charge in [0.1, 0.15) is 5.82 Å². The maximum atomic E-state index is 5.78. The van der Waals surface area contributed by atoms with E-state index in [9.17, 15) is 0 Å². The van der Waals surface area contributed by atoms with Gasteiger partial charge in [0.05, 0.1) is 17.4 Å². The van der Waals surface area contributed by atoms with Crippen molar-refractivity contribution >= 4 is 22.4 Å². The van der Waals surface area contributed by atoms with Crippen molar-refractivity contribution in [3.8, 4) is 11.3 Å². The number of rotatable bonds is 2. The molecule has 3 N–H and O–H groups in total. The molecule has 0 aliphatic carbocycles. The molecule has 0 atom stereocenters. The summed E-state index contributed by atoms with van der Waals surface area (Å²) >= 11 is 0. The molecule has 3 rings (SSSR count). The van der Waals surface area contributed by atoms with Gasteiger partial charge < -0.3 is 11.1 Å². The van der Waals surface area contributed by atoms with E-state index < -0.39 is 0 Å². The van der Waals surface area contributed by atoms with Crippen molar-refractivity contribution in [1.82, 2.24) is 15.0 Å². The highest BCUT2D eigenvalue weighted by molar-refractivity contribution is 5.93. The summed E-state index contributed by atoms with van der Waals surface area (Å²) in [6.07, 6.45) is 5.25. The third-order valence-corrected chi connectivity index (χ3v) is 3.20. The van der Waals surface area contributed by atoms with E-state index in [0.717, 1.165) is 27.8 Å². The van der Waals surface area contributed by atoms with E-state index in [-0.39, 0.29) is 5.54 Å². The van der Waals surface area contributed by atoms with Gasteiger partial charge in [-0.1, -0.05) is 0 Å². The van der Waals surface area contributed by atoms with Crippen LogP contribution in [0.5, 0.6) is 0 Å². The lowest BCUT2D eigenvalue weighted by Gasteiger charge is -2.23. The lowest BCUT2D eigenvalue weighted by molar-refractivity contribution is 0.635. The molecule has 0 aliphatic heterocycles. The zero-order valence-electron chi connectivity index (χ0n) is 13.0. The summed E-state index contributed by atoms with van der Waals surface area (Å²) in [6, 6.07) is 7.75. The Labute approximate surface area is 129 Å². The Kier molecular flexibility index (Phi) is 3.41. The Hall–Kier alpha value is -2.69. The van der Waals surface area contributed by atoms with Crippen LogP contribution in [-0.2, 0) is 0 Å². The number of hydrogen-bond acceptors (Lipinski definition) is 5. The zero-order chi connectivity index (χ0) is 15.7. The van der Waals surface area contributed by atoms with Gasteiger partial charge >= 0.3 is 0 Å². The lowest BCUT2D eigenvalue weighted by Crippen LogP contribution is -2.26. The van der Waals surface area contributed by atoms with Gasteiger partial charge in [-0.25, -0.2) is 9.97 Å². The monoisotopic (exact) mass is 293 g/mol. The largest absolute Gasteiger partial charge is 0.384 e. The number of hydrogen-bond donors (Lipinski definition) is 2. The normalized spacial score (nSPS) is 11.6. The van der Waals surface area contributed by atoms with E-state index in [1.54, 1.807) is 18.6 Å². The molecule has 5 heteroatoms. The fourth-order valence-electron chi connectivity index (χ4n) is 2.34. The van der Waals surface area contributed by atoms with Crippen LogP contribution in [0.4, 0.5) is 11.5 Å². The van der Waals surface area contributed by atoms with E-state index in [1.165, 1.54) is 0 Å². The molecule has 3 heterocycles. The van der Waals surface area contributed by atoms with Crippen molar-refractivity contribution < 1.29 is 0 Å². The van der Waals surface area contributed by atoms with Crippen molar-refractivity contribution in [2.45, 2.75) is 26.3 Å². The maximum absolute atomic E-state index is 5.78. The fraction of sp³-hybridized carbons (Fsp3) is 0.235. The van der Waals surface area contributed by atoms with Gasteiger partial charge in [0.15, 0.2) is 0 Å². The summed E-state index contributed by atoms with van der Waals surface area (Å²) in [5.41, 5.74) is 9.40. The van der Waals surface area contributed by atoms with Crippen LogP contribution in [0.1, 0.15) is 20.8 Å². The summed E-state index contributed by atoms with van der Waals surface area (Å²) in [7, 11) is 0. The lowest BCUT2D eigenvalue weighted by atomic mass is 10.1. The van der Waals surface area contributed by atoms with Crippen molar-refractivity contribution in [1.29, 1.82) is 0 Å². The molecule has 0 unspecified atom stereocenters. The van der Waals surface area contributed by atoms with Crippen LogP contribution in [0, 0.1) is 0 Å². The maximum Gasteiger partial charge on any atom is 0.123 e. The first-order valence-corrected chi connectivity index (χ1v) is 7.17.